The summed E-state index contributed by atoms with van der Waals surface area (Å²) in [5.41, 5.74) is 1.74. The first-order valence-electron chi connectivity index (χ1n) is 6.66. The van der Waals surface area contributed by atoms with Crippen LogP contribution in [-0.2, 0) is 0 Å². The van der Waals surface area contributed by atoms with Crippen molar-refractivity contribution in [2.75, 3.05) is 10.6 Å². The number of para-hydroxylation sites is 1. The molecule has 7 heteroatoms. The molecule has 1 heterocycles. The van der Waals surface area contributed by atoms with Gasteiger partial charge in [0.2, 0.25) is 0 Å². The number of rotatable bonds is 3. The molecule has 0 saturated heterocycles. The second-order valence-corrected chi connectivity index (χ2v) is 5.90. The molecule has 0 atom stereocenters. The van der Waals surface area contributed by atoms with Crippen LogP contribution in [0.5, 0.6) is 0 Å². The highest BCUT2D eigenvalue weighted by atomic mass is 35.5. The zero-order valence-corrected chi connectivity index (χ0v) is 13.3. The molecule has 0 spiro atoms. The summed E-state index contributed by atoms with van der Waals surface area (Å²) in [5.74, 6) is -0.497. The van der Waals surface area contributed by atoms with Crippen molar-refractivity contribution in [1.82, 2.24) is 4.98 Å². The van der Waals surface area contributed by atoms with E-state index in [0.29, 0.717) is 10.2 Å². The third kappa shape index (κ3) is 3.85. The van der Waals surface area contributed by atoms with Crippen molar-refractivity contribution >= 4 is 39.8 Å². The van der Waals surface area contributed by atoms with Crippen molar-refractivity contribution in [2.24, 2.45) is 0 Å². The first-order chi connectivity index (χ1) is 11.1. The van der Waals surface area contributed by atoms with Gasteiger partial charge in [0.1, 0.15) is 5.82 Å². The second kappa shape index (κ2) is 6.76. The van der Waals surface area contributed by atoms with E-state index in [-0.39, 0.29) is 5.69 Å². The van der Waals surface area contributed by atoms with Gasteiger partial charge in [-0.15, -0.1) is 11.3 Å². The number of amides is 2. The highest BCUT2D eigenvalue weighted by Gasteiger charge is 2.10. The average molecular weight is 348 g/mol. The van der Waals surface area contributed by atoms with Crippen LogP contribution >= 0.6 is 22.9 Å². The summed E-state index contributed by atoms with van der Waals surface area (Å²) >= 11 is 7.13. The van der Waals surface area contributed by atoms with Crippen LogP contribution in [0.4, 0.5) is 20.0 Å². The zero-order chi connectivity index (χ0) is 16.2. The molecule has 0 radical (unpaired) electrons. The molecule has 3 aromatic rings. The van der Waals surface area contributed by atoms with Gasteiger partial charge in [0.05, 0.1) is 11.4 Å². The number of hydrogen-bond donors (Lipinski definition) is 2. The number of benzene rings is 2. The molecule has 0 unspecified atom stereocenters. The van der Waals surface area contributed by atoms with E-state index in [2.05, 4.69) is 15.6 Å². The van der Waals surface area contributed by atoms with Crippen LogP contribution in [-0.4, -0.2) is 11.0 Å². The minimum Gasteiger partial charge on any atom is -0.305 e. The van der Waals surface area contributed by atoms with Crippen LogP contribution in [0.15, 0.2) is 53.9 Å². The summed E-state index contributed by atoms with van der Waals surface area (Å²) in [6.07, 6.45) is 0. The topological polar surface area (TPSA) is 54.0 Å². The van der Waals surface area contributed by atoms with Crippen molar-refractivity contribution in [3.05, 3.63) is 64.8 Å². The van der Waals surface area contributed by atoms with Gasteiger partial charge in [0.15, 0.2) is 5.13 Å². The molecule has 2 amide bonds. The molecule has 0 bridgehead atoms. The number of carbonyl (C=O) groups excluding carboxylic acids is 1. The van der Waals surface area contributed by atoms with E-state index in [4.69, 9.17) is 11.6 Å². The van der Waals surface area contributed by atoms with Crippen molar-refractivity contribution in [2.45, 2.75) is 0 Å². The monoisotopic (exact) mass is 347 g/mol. The van der Waals surface area contributed by atoms with Gasteiger partial charge in [0.25, 0.3) is 0 Å². The highest BCUT2D eigenvalue weighted by Crippen LogP contribution is 2.26. The average Bonchev–Trinajstić information content (AvgIpc) is 2.98. The van der Waals surface area contributed by atoms with Gasteiger partial charge in [0, 0.05) is 16.0 Å². The number of nitrogens with zero attached hydrogens (tertiary/aromatic N) is 1. The molecule has 23 heavy (non-hydrogen) atoms. The molecular formula is C16H11ClFN3OS. The zero-order valence-electron chi connectivity index (χ0n) is 11.7. The normalized spacial score (nSPS) is 10.3. The maximum Gasteiger partial charge on any atom is 0.325 e. The third-order valence-electron chi connectivity index (χ3n) is 2.99. The molecule has 0 aliphatic rings. The van der Waals surface area contributed by atoms with E-state index in [1.165, 1.54) is 23.5 Å². The smallest absolute Gasteiger partial charge is 0.305 e. The number of anilines is 2. The molecule has 116 valence electrons. The summed E-state index contributed by atoms with van der Waals surface area (Å²) < 4.78 is 13.5. The summed E-state index contributed by atoms with van der Waals surface area (Å²) in [4.78, 5) is 16.2. The Morgan fingerprint density at radius 2 is 1.83 bits per heavy atom. The fourth-order valence-electron chi connectivity index (χ4n) is 1.90. The van der Waals surface area contributed by atoms with Gasteiger partial charge in [-0.05, 0) is 24.3 Å². The van der Waals surface area contributed by atoms with Crippen LogP contribution in [0.2, 0.25) is 5.02 Å². The number of thiazole rings is 1. The van der Waals surface area contributed by atoms with Crippen molar-refractivity contribution in [1.29, 1.82) is 0 Å². The summed E-state index contributed by atoms with van der Waals surface area (Å²) in [7, 11) is 0. The lowest BCUT2D eigenvalue weighted by molar-refractivity contribution is 0.262. The van der Waals surface area contributed by atoms with Crippen molar-refractivity contribution in [3.8, 4) is 11.3 Å². The number of carbonyl (C=O) groups is 1. The largest absolute Gasteiger partial charge is 0.325 e. The quantitative estimate of drug-likeness (QED) is 0.680. The third-order valence-corrected chi connectivity index (χ3v) is 4.00. The Hall–Kier alpha value is -2.44. The number of halogens is 2. The van der Waals surface area contributed by atoms with E-state index in [0.717, 1.165) is 11.3 Å². The number of nitrogens with one attached hydrogen (secondary N) is 2. The van der Waals surface area contributed by atoms with E-state index >= 15 is 0 Å². The number of urea groups is 1. The fourth-order valence-corrected chi connectivity index (χ4v) is 2.74. The lowest BCUT2D eigenvalue weighted by atomic mass is 10.2. The summed E-state index contributed by atoms with van der Waals surface area (Å²) in [6.45, 7) is 0. The lowest BCUT2D eigenvalue weighted by Crippen LogP contribution is -2.19. The fraction of sp³-hybridized carbons (Fsp3) is 0. The Kier molecular flexibility index (Phi) is 4.55. The minimum absolute atomic E-state index is 0.111. The van der Waals surface area contributed by atoms with Crippen LogP contribution in [0.1, 0.15) is 0 Å². The minimum atomic E-state index is -0.549. The van der Waals surface area contributed by atoms with Gasteiger partial charge in [-0.25, -0.2) is 14.2 Å². The Morgan fingerprint density at radius 3 is 2.57 bits per heavy atom. The number of hydrogen-bond acceptors (Lipinski definition) is 3. The number of aromatic nitrogens is 1. The predicted molar refractivity (Wildman–Crippen MR) is 91.6 cm³/mol. The van der Waals surface area contributed by atoms with Crippen molar-refractivity contribution in [3.63, 3.8) is 0 Å². The van der Waals surface area contributed by atoms with E-state index in [9.17, 15) is 9.18 Å². The molecular weight excluding hydrogens is 337 g/mol. The molecule has 0 fully saturated rings. The van der Waals surface area contributed by atoms with Gasteiger partial charge in [-0.3, -0.25) is 5.32 Å². The molecule has 1 aromatic heterocycles. The molecule has 0 aliphatic carbocycles. The van der Waals surface area contributed by atoms with E-state index in [1.54, 1.807) is 24.3 Å². The second-order valence-electron chi connectivity index (χ2n) is 4.60. The van der Waals surface area contributed by atoms with Crippen LogP contribution in [0.25, 0.3) is 11.3 Å². The molecule has 2 aromatic carbocycles. The highest BCUT2D eigenvalue weighted by molar-refractivity contribution is 7.14. The maximum atomic E-state index is 13.5. The molecule has 0 saturated carbocycles. The van der Waals surface area contributed by atoms with Crippen LogP contribution in [0, 0.1) is 5.82 Å². The predicted octanol–water partition coefficient (Wildman–Crippen LogP) is 5.25. The van der Waals surface area contributed by atoms with Gasteiger partial charge >= 0.3 is 6.03 Å². The standard InChI is InChI=1S/C16H11ClFN3OS/c17-11-7-5-10(6-8-11)14-9-23-16(20-14)21-15(22)19-13-4-2-1-3-12(13)18/h1-9H,(H2,19,20,21,22). The van der Waals surface area contributed by atoms with Crippen LogP contribution in [0.3, 0.4) is 0 Å². The summed E-state index contributed by atoms with van der Waals surface area (Å²) in [5, 5.41) is 7.91. The van der Waals surface area contributed by atoms with Gasteiger partial charge in [-0.2, -0.15) is 0 Å². The Balaban J connectivity index is 1.68. The first-order valence-corrected chi connectivity index (χ1v) is 7.91. The van der Waals surface area contributed by atoms with E-state index < -0.39 is 11.8 Å². The van der Waals surface area contributed by atoms with Crippen LogP contribution < -0.4 is 10.6 Å². The Bertz CT molecular complexity index is 835. The van der Waals surface area contributed by atoms with Gasteiger partial charge in [-0.1, -0.05) is 35.9 Å². The molecule has 4 nitrogen and oxygen atoms in total. The first kappa shape index (κ1) is 15.5. The summed E-state index contributed by atoms with van der Waals surface area (Å²) in [6, 6.07) is 12.6. The molecule has 3 rings (SSSR count). The van der Waals surface area contributed by atoms with E-state index in [1.807, 2.05) is 17.5 Å². The lowest BCUT2D eigenvalue weighted by Gasteiger charge is -2.05. The molecule has 0 aliphatic heterocycles. The maximum absolute atomic E-state index is 13.5. The Labute approximate surface area is 141 Å². The Morgan fingerprint density at radius 1 is 1.09 bits per heavy atom. The van der Waals surface area contributed by atoms with Gasteiger partial charge < -0.3 is 5.32 Å². The molecule has 2 N–H and O–H groups in total. The SMILES string of the molecule is O=C(Nc1nc(-c2ccc(Cl)cc2)cs1)Nc1ccccc1F. The van der Waals surface area contributed by atoms with Crippen molar-refractivity contribution < 1.29 is 9.18 Å².